The smallest absolute Gasteiger partial charge is 0.270 e. The summed E-state index contributed by atoms with van der Waals surface area (Å²) in [5.41, 5.74) is 8.16. The number of hydrogen-bond acceptors (Lipinski definition) is 10. The van der Waals surface area contributed by atoms with Gasteiger partial charge in [0.25, 0.3) is 11.8 Å². The van der Waals surface area contributed by atoms with Crippen LogP contribution in [0.25, 0.3) is 34.3 Å². The number of anilines is 1. The summed E-state index contributed by atoms with van der Waals surface area (Å²) in [5.74, 6) is -0.472. The second-order valence-corrected chi connectivity index (χ2v) is 184. The normalized spacial score (nSPS) is 15.9. The average molecular weight is 1850 g/mol. The lowest BCUT2D eigenvalue weighted by molar-refractivity contribution is 0.190. The van der Waals surface area contributed by atoms with Crippen LogP contribution in [0.5, 0.6) is 0 Å². The Morgan fingerprint density at radius 3 is 1.51 bits per heavy atom. The Labute approximate surface area is 541 Å². The third kappa shape index (κ3) is 26.0. The maximum absolute atomic E-state index is 14.9. The van der Waals surface area contributed by atoms with E-state index >= 15 is 0 Å². The van der Waals surface area contributed by atoms with Crippen molar-refractivity contribution in [1.29, 1.82) is 0 Å². The minimum absolute atomic E-state index is 0.00702. The summed E-state index contributed by atoms with van der Waals surface area (Å²) in [7, 11) is 69.0. The Hall–Kier alpha value is 13.9. The number of nitrogen functional groups attached to an aromatic ring is 1. The number of hydrogen-bond donors (Lipinski definition) is 2. The molecule has 0 radical (unpaired) electrons. The third-order valence-corrected chi connectivity index (χ3v) is 291. The van der Waals surface area contributed by atoms with E-state index in [1.807, 2.05) is 0 Å². The number of halogens is 1. The molecule has 3 N–H and O–H groups in total. The van der Waals surface area contributed by atoms with Gasteiger partial charge in [0.2, 0.25) is 0 Å². The van der Waals surface area contributed by atoms with E-state index in [0.717, 1.165) is 26.5 Å². The van der Waals surface area contributed by atoms with E-state index in [9.17, 15) is 12.8 Å². The van der Waals surface area contributed by atoms with E-state index in [0.29, 0.717) is 24.4 Å². The Morgan fingerprint density at radius 2 is 1.11 bits per heavy atom. The highest BCUT2D eigenvalue weighted by molar-refractivity contribution is 9.49. The molecule has 2 aromatic heterocycles. The molecule has 1 aliphatic rings. The molecule has 4 aromatic rings. The molecule has 0 bridgehead atoms. The van der Waals surface area contributed by atoms with E-state index in [4.69, 9.17) is 14.9 Å². The van der Waals surface area contributed by atoms with E-state index in [-0.39, 0.29) is 173 Å². The molecule has 0 saturated carbocycles. The third-order valence-electron chi connectivity index (χ3n) is 9.80. The largest absolute Gasteiger partial charge is 0.414 e. The molecular formula is C26H70FN6O4P41S. The second kappa shape index (κ2) is 43.0. The van der Waals surface area contributed by atoms with Gasteiger partial charge in [0.1, 0.15) is 5.82 Å². The van der Waals surface area contributed by atoms with Crippen molar-refractivity contribution in [2.24, 2.45) is 0 Å². The minimum atomic E-state index is -3.40. The summed E-state index contributed by atoms with van der Waals surface area (Å²) in [6, 6.07) is 11.4. The molecule has 79 heavy (non-hydrogen) atoms. The Kier molecular flexibility index (Phi) is 46.4. The van der Waals surface area contributed by atoms with Gasteiger partial charge in [0.15, 0.2) is 21.3 Å². The summed E-state index contributed by atoms with van der Waals surface area (Å²) in [6.45, 7) is 3.54. The van der Waals surface area contributed by atoms with E-state index in [2.05, 4.69) is 213 Å². The van der Waals surface area contributed by atoms with E-state index in [1.54, 1.807) is 38.1 Å². The zero-order valence-corrected chi connectivity index (χ0v) is 85.1. The average Bonchev–Trinajstić information content (AvgIpc) is 4.06. The molecular weight excluding hydrogens is 1780 g/mol. The van der Waals surface area contributed by atoms with Gasteiger partial charge in [-0.2, -0.15) is 0 Å². The number of nitrogens with two attached hydrogens (primary N) is 1. The first-order valence-electron chi connectivity index (χ1n) is 21.4. The highest BCUT2D eigenvalue weighted by Crippen LogP contribution is 3.43. The zero-order chi connectivity index (χ0) is 59.5. The van der Waals surface area contributed by atoms with Crippen LogP contribution in [0, 0.1) is 5.82 Å². The fourth-order valence-corrected chi connectivity index (χ4v) is 573. The van der Waals surface area contributed by atoms with Crippen LogP contribution in [0.4, 0.5) is 10.2 Å². The van der Waals surface area contributed by atoms with Crippen LogP contribution in [-0.4, -0.2) is 53.1 Å². The molecule has 5 rings (SSSR count). The first-order chi connectivity index (χ1) is 36.9. The van der Waals surface area contributed by atoms with Crippen molar-refractivity contribution in [3.8, 4) is 34.3 Å². The van der Waals surface area contributed by atoms with Crippen LogP contribution in [-0.2, 0) is 21.1 Å². The maximum Gasteiger partial charge on any atom is 0.270 e. The number of nitrogens with one attached hydrogen (secondary N) is 1. The Morgan fingerprint density at radius 1 is 0.658 bits per heavy atom. The van der Waals surface area contributed by atoms with Gasteiger partial charge in [-0.1, -0.05) is 26.2 Å². The lowest BCUT2D eigenvalue weighted by atomic mass is 10.1. The van der Waals surface area contributed by atoms with Crippen LogP contribution in [0.15, 0.2) is 58.0 Å². The molecule has 25 atom stereocenters. The summed E-state index contributed by atoms with van der Waals surface area (Å²) >= 11 is 0. The summed E-state index contributed by atoms with van der Waals surface area (Å²) < 4.78 is 50.8. The maximum atomic E-state index is 14.9. The van der Waals surface area contributed by atoms with Crippen LogP contribution < -0.4 is 11.1 Å². The Bertz CT molecular complexity index is 2490. The summed E-state index contributed by atoms with van der Waals surface area (Å²) in [5, 5.41) is 10.8. The van der Waals surface area contributed by atoms with Crippen LogP contribution in [0.3, 0.4) is 0 Å². The zero-order valence-electron chi connectivity index (χ0n) is 42.0. The molecule has 0 amide bonds. The lowest BCUT2D eigenvalue weighted by Crippen LogP contribution is -2.28. The van der Waals surface area contributed by atoms with E-state index in [1.165, 1.54) is 24.4 Å². The molecule has 1 fully saturated rings. The monoisotopic (exact) mass is 1850 g/mol. The van der Waals surface area contributed by atoms with Gasteiger partial charge < -0.3 is 20.2 Å². The standard InChI is InChI=1S/C26H27FN6O4S.H43P41/c1-15(2)38(34,35)19-6-4-17(5-7-19)22-13-30-24(28)23(31-22)26-33-32-25(37-26)20-8-3-16(11-21(20)27)12-29-18-9-10-36-14-18;1-22-33(23(2)3)38(32(20)21)41(39(34(24(4)5)25(6)7)35(26(8)9)27(10)11)40(36(28(12)13)29(14)15)37(30(16)17)31(18)19/h3-8,11,13,15,18,29H,9-10,12,14H2,1-2H3,(H2,28,30);22H,1-21H2/t18-;/m0./s1. The highest BCUT2D eigenvalue weighted by atomic mass is 33.5. The summed E-state index contributed by atoms with van der Waals surface area (Å²) in [6.07, 6.45) is 2.40. The quantitative estimate of drug-likeness (QED) is 0.0553. The number of ether oxygens (including phenoxy) is 1. The first-order valence-corrected chi connectivity index (χ1v) is 97.2. The molecule has 10 nitrogen and oxygen atoms in total. The Balaban J connectivity index is 0.000000341. The van der Waals surface area contributed by atoms with Gasteiger partial charge in [0.05, 0.1) is 34.2 Å². The van der Waals surface area contributed by atoms with Crippen molar-refractivity contribution in [3.63, 3.8) is 0 Å². The molecule has 446 valence electrons. The molecule has 0 aliphatic carbocycles. The predicted octanol–water partition coefficient (Wildman–Crippen LogP) is 27.4. The topological polar surface area (TPSA) is 146 Å². The van der Waals surface area contributed by atoms with Gasteiger partial charge in [-0.15, -0.1) is 198 Å². The van der Waals surface area contributed by atoms with Crippen LogP contribution in [0.1, 0.15) is 25.8 Å². The summed E-state index contributed by atoms with van der Waals surface area (Å²) in [4.78, 5) is 8.89. The molecule has 1 saturated heterocycles. The number of nitrogens with zero attached hydrogens (tertiary/aromatic N) is 4. The fourth-order valence-electron chi connectivity index (χ4n) is 6.35. The lowest BCUT2D eigenvalue weighted by Gasteiger charge is -2.56. The van der Waals surface area contributed by atoms with Gasteiger partial charge in [0, 0.05) is 24.8 Å². The number of rotatable bonds is 27. The number of sulfone groups is 1. The molecule has 53 heteroatoms. The minimum Gasteiger partial charge on any atom is -0.414 e. The molecule has 3 heterocycles. The van der Waals surface area contributed by atoms with Crippen molar-refractivity contribution < 1.29 is 22.0 Å². The van der Waals surface area contributed by atoms with Gasteiger partial charge >= 0.3 is 0 Å². The van der Waals surface area contributed by atoms with Crippen molar-refractivity contribution >= 4 is 344 Å². The molecule has 1 aliphatic heterocycles. The van der Waals surface area contributed by atoms with Crippen LogP contribution >= 0.6 is 328 Å². The van der Waals surface area contributed by atoms with Crippen LogP contribution in [0.2, 0.25) is 0 Å². The molecule has 2 aromatic carbocycles. The highest BCUT2D eigenvalue weighted by Gasteiger charge is 2.55. The van der Waals surface area contributed by atoms with Crippen molar-refractivity contribution in [3.05, 3.63) is 60.0 Å². The number of benzene rings is 2. The fraction of sp³-hybridized carbons (Fsp3) is 0.308. The SMILES string of the molecule is CC(C)S(=O)(=O)c1ccc(-c2cnc(N)c(-c3nnc(-c4ccc(CN[C@H]5CCOC5)cc4F)o3)n2)cc1.PPP(P(P)P)P(P(P)P)P(P(P(P(P)P)P(P)P)P(P(P)P)P(P)P)P(P(P(P)P)P(P)P)P(P(P)P)P(P)P. The number of aromatic nitrogens is 4. The van der Waals surface area contributed by atoms with Crippen molar-refractivity contribution in [2.45, 2.75) is 43.0 Å². The van der Waals surface area contributed by atoms with E-state index < -0.39 is 20.9 Å². The molecule has 24 unspecified atom stereocenters. The molecule has 0 spiro atoms. The second-order valence-electron chi connectivity index (χ2n) is 15.6. The first kappa shape index (κ1) is 85.3. The van der Waals surface area contributed by atoms with Gasteiger partial charge in [-0.25, -0.2) is 22.8 Å². The predicted molar refractivity (Wildman–Crippen MR) is 483 cm³/mol. The van der Waals surface area contributed by atoms with Crippen molar-refractivity contribution in [2.75, 3.05) is 18.9 Å². The van der Waals surface area contributed by atoms with Crippen molar-refractivity contribution in [1.82, 2.24) is 25.5 Å². The van der Waals surface area contributed by atoms with Gasteiger partial charge in [-0.3, -0.25) is 0 Å². The van der Waals surface area contributed by atoms with Gasteiger partial charge in [-0.05, 0) is 183 Å².